The second-order valence-electron chi connectivity index (χ2n) is 5.27. The maximum atomic E-state index is 4.77. The number of nitrogens with zero attached hydrogens (tertiary/aromatic N) is 2. The minimum Gasteiger partial charge on any atom is -0.357 e. The summed E-state index contributed by atoms with van der Waals surface area (Å²) < 4.78 is 0. The third kappa shape index (κ3) is 7.63. The Bertz CT molecular complexity index is 259. The fourth-order valence-electron chi connectivity index (χ4n) is 2.01. The van der Waals surface area contributed by atoms with Crippen molar-refractivity contribution in [3.8, 4) is 0 Å². The van der Waals surface area contributed by atoms with Gasteiger partial charge in [0.2, 0.25) is 0 Å². The standard InChI is InChI=1S/C14H29N3S.HI/c1-5-13-11-17(9-10-18-13)14(15-6-2)16-8-7-12(3)4;/h12-13H,5-11H2,1-4H3,(H,15,16);1H. The molecule has 1 aliphatic heterocycles. The van der Waals surface area contributed by atoms with E-state index in [-0.39, 0.29) is 24.0 Å². The van der Waals surface area contributed by atoms with E-state index in [1.165, 1.54) is 18.6 Å². The van der Waals surface area contributed by atoms with Gasteiger partial charge in [0.05, 0.1) is 0 Å². The van der Waals surface area contributed by atoms with Crippen molar-refractivity contribution < 1.29 is 0 Å². The molecule has 1 aliphatic rings. The lowest BCUT2D eigenvalue weighted by Gasteiger charge is -2.34. The van der Waals surface area contributed by atoms with E-state index >= 15 is 0 Å². The van der Waals surface area contributed by atoms with Gasteiger partial charge in [-0.05, 0) is 25.7 Å². The van der Waals surface area contributed by atoms with Gasteiger partial charge in [-0.2, -0.15) is 11.8 Å². The number of thioether (sulfide) groups is 1. The van der Waals surface area contributed by atoms with Crippen molar-refractivity contribution in [1.29, 1.82) is 0 Å². The number of rotatable bonds is 5. The van der Waals surface area contributed by atoms with E-state index in [1.54, 1.807) is 0 Å². The largest absolute Gasteiger partial charge is 0.357 e. The van der Waals surface area contributed by atoms with E-state index in [4.69, 9.17) is 4.99 Å². The summed E-state index contributed by atoms with van der Waals surface area (Å²) in [5, 5.41) is 4.21. The molecule has 5 heteroatoms. The minimum atomic E-state index is 0. The van der Waals surface area contributed by atoms with Crippen LogP contribution in [0.15, 0.2) is 4.99 Å². The van der Waals surface area contributed by atoms with Crippen molar-refractivity contribution in [3.05, 3.63) is 0 Å². The molecule has 0 radical (unpaired) electrons. The van der Waals surface area contributed by atoms with Crippen molar-refractivity contribution >= 4 is 41.7 Å². The van der Waals surface area contributed by atoms with E-state index in [0.717, 1.165) is 43.3 Å². The number of nitrogens with one attached hydrogen (secondary N) is 1. The Kier molecular flexibility index (Phi) is 11.3. The van der Waals surface area contributed by atoms with Gasteiger partial charge in [-0.25, -0.2) is 0 Å². The van der Waals surface area contributed by atoms with Crippen molar-refractivity contribution in [2.75, 3.05) is 31.9 Å². The Labute approximate surface area is 140 Å². The third-order valence-electron chi connectivity index (χ3n) is 3.20. The van der Waals surface area contributed by atoms with Crippen LogP contribution in [0, 0.1) is 5.92 Å². The lowest BCUT2D eigenvalue weighted by molar-refractivity contribution is 0.407. The van der Waals surface area contributed by atoms with Gasteiger partial charge in [0.25, 0.3) is 0 Å². The van der Waals surface area contributed by atoms with Crippen LogP contribution in [0.5, 0.6) is 0 Å². The van der Waals surface area contributed by atoms with Crippen LogP contribution < -0.4 is 5.32 Å². The molecule has 1 saturated heterocycles. The maximum absolute atomic E-state index is 4.77. The maximum Gasteiger partial charge on any atom is 0.193 e. The average molecular weight is 399 g/mol. The topological polar surface area (TPSA) is 27.6 Å². The first-order chi connectivity index (χ1) is 8.67. The first-order valence-corrected chi connectivity index (χ1v) is 8.37. The lowest BCUT2D eigenvalue weighted by atomic mass is 10.1. The summed E-state index contributed by atoms with van der Waals surface area (Å²) >= 11 is 2.11. The van der Waals surface area contributed by atoms with Crippen LogP contribution in [0.25, 0.3) is 0 Å². The zero-order valence-electron chi connectivity index (χ0n) is 12.8. The molecule has 0 amide bonds. The molecule has 0 aliphatic carbocycles. The quantitative estimate of drug-likeness (QED) is 0.436. The molecule has 1 heterocycles. The zero-order valence-corrected chi connectivity index (χ0v) is 16.0. The molecule has 3 nitrogen and oxygen atoms in total. The van der Waals surface area contributed by atoms with Gasteiger partial charge in [-0.1, -0.05) is 20.8 Å². The third-order valence-corrected chi connectivity index (χ3v) is 4.57. The van der Waals surface area contributed by atoms with E-state index in [0.29, 0.717) is 0 Å². The first-order valence-electron chi connectivity index (χ1n) is 7.32. The lowest BCUT2D eigenvalue weighted by Crippen LogP contribution is -2.48. The van der Waals surface area contributed by atoms with Crippen LogP contribution in [0.1, 0.15) is 40.5 Å². The highest BCUT2D eigenvalue weighted by Gasteiger charge is 2.21. The van der Waals surface area contributed by atoms with Gasteiger partial charge in [-0.15, -0.1) is 24.0 Å². The summed E-state index contributed by atoms with van der Waals surface area (Å²) in [4.78, 5) is 7.21. The number of aliphatic imine (C=N–C) groups is 1. The first kappa shape index (κ1) is 19.4. The van der Waals surface area contributed by atoms with Crippen molar-refractivity contribution in [2.24, 2.45) is 10.9 Å². The van der Waals surface area contributed by atoms with Gasteiger partial charge in [0.15, 0.2) is 5.96 Å². The van der Waals surface area contributed by atoms with E-state index in [2.05, 4.69) is 49.7 Å². The van der Waals surface area contributed by atoms with Crippen LogP contribution in [-0.4, -0.2) is 48.0 Å². The molecule has 1 atom stereocenters. The molecule has 1 fully saturated rings. The molecule has 114 valence electrons. The highest BCUT2D eigenvalue weighted by molar-refractivity contribution is 14.0. The number of halogens is 1. The molecule has 0 spiro atoms. The van der Waals surface area contributed by atoms with Crippen LogP contribution in [-0.2, 0) is 0 Å². The van der Waals surface area contributed by atoms with E-state index in [1.807, 2.05) is 0 Å². The summed E-state index contributed by atoms with van der Waals surface area (Å²) in [6.45, 7) is 13.1. The Morgan fingerprint density at radius 3 is 2.74 bits per heavy atom. The van der Waals surface area contributed by atoms with Crippen LogP contribution in [0.2, 0.25) is 0 Å². The molecule has 1 unspecified atom stereocenters. The molecule has 0 saturated carbocycles. The van der Waals surface area contributed by atoms with Gasteiger partial charge in [-0.3, -0.25) is 4.99 Å². The fraction of sp³-hybridized carbons (Fsp3) is 0.929. The Balaban J connectivity index is 0.00000324. The van der Waals surface area contributed by atoms with Crippen molar-refractivity contribution in [3.63, 3.8) is 0 Å². The van der Waals surface area contributed by atoms with Gasteiger partial charge in [0, 0.05) is 37.2 Å². The molecule has 0 aromatic carbocycles. The molecular weight excluding hydrogens is 369 g/mol. The number of hydrogen-bond acceptors (Lipinski definition) is 2. The van der Waals surface area contributed by atoms with Crippen LogP contribution in [0.3, 0.4) is 0 Å². The summed E-state index contributed by atoms with van der Waals surface area (Å²) in [7, 11) is 0. The molecular formula is C14H30IN3S. The van der Waals surface area contributed by atoms with Crippen molar-refractivity contribution in [1.82, 2.24) is 10.2 Å². The Morgan fingerprint density at radius 2 is 2.16 bits per heavy atom. The molecule has 1 rings (SSSR count). The second kappa shape index (κ2) is 11.1. The Hall–Kier alpha value is 0.350. The zero-order chi connectivity index (χ0) is 13.4. The van der Waals surface area contributed by atoms with Gasteiger partial charge < -0.3 is 10.2 Å². The number of guanidine groups is 1. The van der Waals surface area contributed by atoms with Crippen LogP contribution >= 0.6 is 35.7 Å². The van der Waals surface area contributed by atoms with Crippen LogP contribution in [0.4, 0.5) is 0 Å². The summed E-state index contributed by atoms with van der Waals surface area (Å²) in [6, 6.07) is 0. The van der Waals surface area contributed by atoms with Gasteiger partial charge in [0.1, 0.15) is 0 Å². The second-order valence-corrected chi connectivity index (χ2v) is 6.67. The smallest absolute Gasteiger partial charge is 0.193 e. The molecule has 0 bridgehead atoms. The monoisotopic (exact) mass is 399 g/mol. The molecule has 1 N–H and O–H groups in total. The van der Waals surface area contributed by atoms with Gasteiger partial charge >= 0.3 is 0 Å². The fourth-order valence-corrected chi connectivity index (χ4v) is 3.19. The summed E-state index contributed by atoms with van der Waals surface area (Å²) in [5.74, 6) is 3.08. The highest BCUT2D eigenvalue weighted by atomic mass is 127. The predicted octanol–water partition coefficient (Wildman–Crippen LogP) is 3.44. The minimum absolute atomic E-state index is 0. The SMILES string of the molecule is CCNC(=NCCC(C)C)N1CCSC(CC)C1.I. The molecule has 19 heavy (non-hydrogen) atoms. The summed E-state index contributed by atoms with van der Waals surface area (Å²) in [5.41, 5.74) is 0. The normalized spacial score (nSPS) is 20.4. The summed E-state index contributed by atoms with van der Waals surface area (Å²) in [6.07, 6.45) is 2.43. The van der Waals surface area contributed by atoms with E-state index in [9.17, 15) is 0 Å². The van der Waals surface area contributed by atoms with Crippen molar-refractivity contribution in [2.45, 2.75) is 45.8 Å². The predicted molar refractivity (Wildman–Crippen MR) is 99.0 cm³/mol. The number of hydrogen-bond donors (Lipinski definition) is 1. The Morgan fingerprint density at radius 1 is 1.42 bits per heavy atom. The highest BCUT2D eigenvalue weighted by Crippen LogP contribution is 2.21. The van der Waals surface area contributed by atoms with E-state index < -0.39 is 0 Å². The molecule has 0 aromatic rings. The molecule has 0 aromatic heterocycles. The average Bonchev–Trinajstić information content (AvgIpc) is 2.37.